The smallest absolute Gasteiger partial charge is 0.456 e. The van der Waals surface area contributed by atoms with Crippen LogP contribution in [0.3, 0.4) is 0 Å². The van der Waals surface area contributed by atoms with Crippen LogP contribution in [-0.4, -0.2) is 37.8 Å². The van der Waals surface area contributed by atoms with Crippen molar-refractivity contribution in [2.75, 3.05) is 0 Å². The van der Waals surface area contributed by atoms with Crippen LogP contribution in [0.15, 0.2) is 321 Å². The Bertz CT molecular complexity index is 6900. The molecule has 0 radical (unpaired) electrons. The van der Waals surface area contributed by atoms with Crippen molar-refractivity contribution in [2.45, 2.75) is 101 Å². The summed E-state index contributed by atoms with van der Waals surface area (Å²) in [6.45, 7) is 24.1. The molecule has 6 aromatic heterocycles. The number of furan rings is 1. The van der Waals surface area contributed by atoms with E-state index in [0.29, 0.717) is 11.8 Å². The molecule has 0 aliphatic rings. The quantitative estimate of drug-likeness (QED) is 0.0959. The number of imidazole rings is 3. The molecular formula is C108H91IrN8O. The van der Waals surface area contributed by atoms with Crippen molar-refractivity contribution in [1.82, 2.24) is 37.8 Å². The number of aromatic nitrogens is 8. The molecule has 0 saturated carbocycles. The monoisotopic (exact) mass is 1710 g/mol. The van der Waals surface area contributed by atoms with E-state index in [9.17, 15) is 0 Å². The number of aryl methyl sites for hydroxylation is 9. The van der Waals surface area contributed by atoms with Crippen LogP contribution in [0.25, 0.3) is 150 Å². The fourth-order valence-electron chi connectivity index (χ4n) is 18.3. The first-order valence-corrected chi connectivity index (χ1v) is 40.6. The summed E-state index contributed by atoms with van der Waals surface area (Å²) >= 11 is 0. The molecule has 2 atom stereocenters. The van der Waals surface area contributed by atoms with Crippen molar-refractivity contribution in [1.29, 1.82) is 0 Å². The minimum absolute atomic E-state index is 0. The predicted octanol–water partition coefficient (Wildman–Crippen LogP) is 27.9. The van der Waals surface area contributed by atoms with Crippen LogP contribution >= 0.6 is 0 Å². The van der Waals surface area contributed by atoms with Gasteiger partial charge in [0.15, 0.2) is 0 Å². The van der Waals surface area contributed by atoms with Gasteiger partial charge in [0.1, 0.15) is 11.2 Å². The molecule has 2 unspecified atom stereocenters. The summed E-state index contributed by atoms with van der Waals surface area (Å²) in [4.78, 5) is 13.8. The van der Waals surface area contributed by atoms with E-state index < -0.39 is 0 Å². The van der Waals surface area contributed by atoms with Crippen LogP contribution in [0.2, 0.25) is 0 Å². The summed E-state index contributed by atoms with van der Waals surface area (Å²) in [5.74, 6) is 3.51. The molecule has 10 heteroatoms. The molecule has 0 bridgehead atoms. The first-order chi connectivity index (χ1) is 57.1. The van der Waals surface area contributed by atoms with E-state index in [-0.39, 0.29) is 20.1 Å². The van der Waals surface area contributed by atoms with Crippen LogP contribution in [0.1, 0.15) is 99.7 Å². The average molecular weight is 1710 g/mol. The van der Waals surface area contributed by atoms with Crippen LogP contribution in [0, 0.1) is 80.5 Å². The Hall–Kier alpha value is -13.2. The third-order valence-corrected chi connectivity index (χ3v) is 23.3. The minimum atomic E-state index is 0. The van der Waals surface area contributed by atoms with Crippen molar-refractivity contribution in [3.05, 3.63) is 396 Å². The van der Waals surface area contributed by atoms with Gasteiger partial charge in [-0.2, -0.15) is 0 Å². The molecule has 0 aliphatic heterocycles. The van der Waals surface area contributed by atoms with Crippen molar-refractivity contribution in [3.8, 4) is 84.9 Å². The van der Waals surface area contributed by atoms with Gasteiger partial charge in [-0.25, -0.2) is 0 Å². The molecule has 20 rings (SSSR count). The van der Waals surface area contributed by atoms with E-state index in [2.05, 4.69) is 352 Å². The molecule has 20 aromatic rings. The summed E-state index contributed by atoms with van der Waals surface area (Å²) in [5.41, 5.74) is 34.3. The second-order valence-corrected chi connectivity index (χ2v) is 31.6. The van der Waals surface area contributed by atoms with Gasteiger partial charge >= 0.3 is 20.1 Å². The molecule has 14 aromatic carbocycles. The zero-order valence-corrected chi connectivity index (χ0v) is 70.8. The zero-order valence-electron chi connectivity index (χ0n) is 68.4. The Balaban J connectivity index is 0.000000197. The first kappa shape index (κ1) is 77.3. The largest absolute Gasteiger partial charge is 3.00 e. The van der Waals surface area contributed by atoms with Crippen LogP contribution in [0.4, 0.5) is 0 Å². The van der Waals surface area contributed by atoms with E-state index in [4.69, 9.17) is 9.40 Å². The van der Waals surface area contributed by atoms with Gasteiger partial charge in [-0.3, -0.25) is 15.0 Å². The van der Waals surface area contributed by atoms with Gasteiger partial charge in [0.05, 0.1) is 39.5 Å². The van der Waals surface area contributed by atoms with Crippen LogP contribution in [-0.2, 0) is 20.1 Å². The Morgan fingerprint density at radius 2 is 0.746 bits per heavy atom. The van der Waals surface area contributed by atoms with Crippen molar-refractivity contribution >= 4 is 65.6 Å². The minimum Gasteiger partial charge on any atom is -0.456 e. The molecule has 0 amide bonds. The Labute approximate surface area is 704 Å². The van der Waals surface area contributed by atoms with Gasteiger partial charge < -0.3 is 27.3 Å². The number of nitrogens with zero attached hydrogens (tertiary/aromatic N) is 8. The van der Waals surface area contributed by atoms with E-state index >= 15 is 0 Å². The van der Waals surface area contributed by atoms with Crippen molar-refractivity contribution in [3.63, 3.8) is 0 Å². The summed E-state index contributed by atoms with van der Waals surface area (Å²) in [5, 5.41) is 7.23. The maximum atomic E-state index is 6.18. The topological polar surface area (TPSA) is 76.5 Å². The summed E-state index contributed by atoms with van der Waals surface area (Å²) < 4.78 is 17.6. The van der Waals surface area contributed by atoms with E-state index in [1.165, 1.54) is 150 Å². The molecule has 0 aliphatic carbocycles. The number of fused-ring (bicyclic) bond motifs is 9. The standard InChI is InChI=1S/C72H57N4O.2C18H17N2.Ir/c1-6-49(50-25-27-51(28-26-50)72-73-35-36-74(72)71-47(4)37-45(2)38-48(71)5)39-46(3)52-15-13-17-57(40-52)75-65-22-10-7-19-59(65)62-42-54(29-32-67(62)75)53-16-14-18-58(41-53)76-66-23-11-8-20-60(66)63-43-55(30-33-68(63)76)56-31-34-70-64(44-56)61-21-9-12-24-69(61)77-70;2*1-13-11-14(2)17(15(3)12-13)20-10-9-19-18(20)16-7-5-4-6-8-16;/h7-27,29-38,40-44,46,49H,6,39H2,1-5H3;2*4-7,9-12H,1-3H3;/q3*-1;+3. The van der Waals surface area contributed by atoms with Gasteiger partial charge in [-0.15, -0.1) is 107 Å². The van der Waals surface area contributed by atoms with Crippen molar-refractivity contribution < 1.29 is 24.5 Å². The van der Waals surface area contributed by atoms with Gasteiger partial charge in [0.25, 0.3) is 0 Å². The summed E-state index contributed by atoms with van der Waals surface area (Å²) in [7, 11) is 0. The van der Waals surface area contributed by atoms with Gasteiger partial charge in [-0.1, -0.05) is 176 Å². The molecule has 0 spiro atoms. The maximum absolute atomic E-state index is 6.18. The number of hydrogen-bond donors (Lipinski definition) is 0. The average Bonchev–Trinajstić information content (AvgIpc) is 1.59. The molecule has 578 valence electrons. The molecule has 118 heavy (non-hydrogen) atoms. The predicted molar refractivity (Wildman–Crippen MR) is 485 cm³/mol. The number of para-hydroxylation sites is 3. The van der Waals surface area contributed by atoms with Gasteiger partial charge in [0, 0.05) is 97.9 Å². The van der Waals surface area contributed by atoms with Crippen molar-refractivity contribution in [2.24, 2.45) is 0 Å². The fourth-order valence-corrected chi connectivity index (χ4v) is 18.3. The summed E-state index contributed by atoms with van der Waals surface area (Å²) in [6.07, 6.45) is 13.8. The number of rotatable bonds is 15. The van der Waals surface area contributed by atoms with Crippen LogP contribution in [0.5, 0.6) is 0 Å². The molecule has 0 saturated heterocycles. The first-order valence-electron chi connectivity index (χ1n) is 40.6. The molecule has 0 fully saturated rings. The normalized spacial score (nSPS) is 12.0. The van der Waals surface area contributed by atoms with E-state index in [0.717, 1.165) is 74.6 Å². The third kappa shape index (κ3) is 14.7. The second-order valence-electron chi connectivity index (χ2n) is 31.6. The fraction of sp³-hybridized carbons (Fsp3) is 0.139. The summed E-state index contributed by atoms with van der Waals surface area (Å²) in [6, 6.07) is 111. The zero-order chi connectivity index (χ0) is 80.1. The number of hydrogen-bond acceptors (Lipinski definition) is 4. The Morgan fingerprint density at radius 1 is 0.339 bits per heavy atom. The molecule has 6 heterocycles. The number of benzene rings is 14. The van der Waals surface area contributed by atoms with E-state index in [1.807, 2.05) is 91.6 Å². The Morgan fingerprint density at radius 3 is 1.21 bits per heavy atom. The maximum Gasteiger partial charge on any atom is 3.00 e. The molecule has 9 nitrogen and oxygen atoms in total. The van der Waals surface area contributed by atoms with Crippen LogP contribution < -0.4 is 0 Å². The second kappa shape index (κ2) is 32.8. The Kier molecular flexibility index (Phi) is 21.5. The van der Waals surface area contributed by atoms with Gasteiger partial charge in [0.2, 0.25) is 0 Å². The third-order valence-electron chi connectivity index (χ3n) is 23.3. The molecular weight excluding hydrogens is 1620 g/mol. The molecule has 0 N–H and O–H groups in total. The van der Waals surface area contributed by atoms with Gasteiger partial charge in [-0.05, 0) is 215 Å². The SMILES string of the molecule is CCC(CC(C)c1cccc(-n2c3ccccc3c3cc(-c4cccc(-n5c6ccccc6c6cc(-c7ccc8oc9ccccc9c8c7)ccc65)c4)ccc32)c1)c1c[c-]c(-c2nccn2-c2c(C)cc(C)cc2C)cc1.Cc1cc(C)c(-n2ccnc2-c2[c-]cccc2)c(C)c1.Cc1cc(C)c(-n2ccnc2-c2[c-]cccc2)c(C)c1.[Ir+3]. The van der Waals surface area contributed by atoms with E-state index in [1.54, 1.807) is 0 Å².